The maximum atomic E-state index is 11.8. The summed E-state index contributed by atoms with van der Waals surface area (Å²) in [7, 11) is 0.259. The number of rotatable bonds is 8. The first-order valence-electron chi connectivity index (χ1n) is 7.62. The van der Waals surface area contributed by atoms with Gasteiger partial charge in [-0.25, -0.2) is 13.6 Å². The number of unbranched alkanes of at least 4 members (excludes halogenated alkanes) is 1. The van der Waals surface area contributed by atoms with Gasteiger partial charge in [-0.3, -0.25) is 4.79 Å². The van der Waals surface area contributed by atoms with Crippen LogP contribution in [0.15, 0.2) is 29.2 Å². The summed E-state index contributed by atoms with van der Waals surface area (Å²) >= 11 is 0. The molecule has 1 aliphatic heterocycles. The molecule has 1 atom stereocenters. The van der Waals surface area contributed by atoms with Gasteiger partial charge in [-0.15, -0.1) is 0 Å². The lowest BCUT2D eigenvalue weighted by Crippen LogP contribution is -2.22. The topological polar surface area (TPSA) is 89.3 Å². The Bertz CT molecular complexity index is 611. The van der Waals surface area contributed by atoms with Gasteiger partial charge in [0.15, 0.2) is 0 Å². The number of carbonyl (C=O) groups is 1. The Morgan fingerprint density at radius 1 is 1.26 bits per heavy atom. The van der Waals surface area contributed by atoms with Crippen molar-refractivity contribution in [2.75, 3.05) is 5.75 Å². The molecule has 2 rings (SSSR count). The van der Waals surface area contributed by atoms with E-state index in [1.165, 1.54) is 30.7 Å². The van der Waals surface area contributed by atoms with Crippen LogP contribution in [0, 0.1) is 0 Å². The molecular weight excluding hydrogens is 352 g/mol. The highest BCUT2D eigenvalue weighted by atomic mass is 33.1. The van der Waals surface area contributed by atoms with Gasteiger partial charge in [-0.1, -0.05) is 40.1 Å². The van der Waals surface area contributed by atoms with E-state index in [4.69, 9.17) is 5.14 Å². The van der Waals surface area contributed by atoms with Crippen LogP contribution in [0.3, 0.4) is 0 Å². The van der Waals surface area contributed by atoms with Crippen LogP contribution < -0.4 is 10.5 Å². The van der Waals surface area contributed by atoms with Gasteiger partial charge in [-0.2, -0.15) is 0 Å². The fourth-order valence-corrected chi connectivity index (χ4v) is 5.85. The molecule has 0 aliphatic carbocycles. The van der Waals surface area contributed by atoms with Crippen molar-refractivity contribution in [1.29, 1.82) is 0 Å². The second-order valence-corrected chi connectivity index (χ2v) is 9.89. The second-order valence-electron chi connectivity index (χ2n) is 5.54. The van der Waals surface area contributed by atoms with Crippen molar-refractivity contribution >= 4 is 37.5 Å². The first kappa shape index (κ1) is 18.6. The van der Waals surface area contributed by atoms with Crippen molar-refractivity contribution in [1.82, 2.24) is 5.32 Å². The summed E-state index contributed by atoms with van der Waals surface area (Å²) < 4.78 is 22.3. The molecule has 1 amide bonds. The van der Waals surface area contributed by atoms with Crippen LogP contribution in [0.4, 0.5) is 0 Å². The molecule has 1 aliphatic rings. The fraction of sp³-hybridized carbons (Fsp3) is 0.533. The molecule has 0 spiro atoms. The Labute approximate surface area is 145 Å². The minimum Gasteiger partial charge on any atom is -0.352 e. The molecule has 1 saturated heterocycles. The third kappa shape index (κ3) is 6.74. The van der Waals surface area contributed by atoms with Crippen LogP contribution in [0.5, 0.6) is 0 Å². The monoisotopic (exact) mass is 374 g/mol. The van der Waals surface area contributed by atoms with Gasteiger partial charge in [0, 0.05) is 24.0 Å². The molecular formula is C15H22N2O3S3. The van der Waals surface area contributed by atoms with Crippen LogP contribution in [0.25, 0.3) is 0 Å². The van der Waals surface area contributed by atoms with E-state index in [-0.39, 0.29) is 10.8 Å². The number of nitrogens with one attached hydrogen (secondary N) is 1. The Kier molecular flexibility index (Phi) is 7.26. The molecule has 1 aromatic carbocycles. The summed E-state index contributed by atoms with van der Waals surface area (Å²) in [6.07, 6.45) is 5.03. The van der Waals surface area contributed by atoms with Crippen LogP contribution >= 0.6 is 21.6 Å². The lowest BCUT2D eigenvalue weighted by atomic mass is 10.1. The SMILES string of the molecule is NS(=O)(=O)c1ccc(CNC(=O)CCCCC2CCSS2)cc1. The minimum absolute atomic E-state index is 0.0361. The number of primary sulfonamides is 1. The highest BCUT2D eigenvalue weighted by Gasteiger charge is 2.15. The molecule has 1 heterocycles. The molecule has 1 aromatic rings. The third-order valence-electron chi connectivity index (χ3n) is 3.65. The van der Waals surface area contributed by atoms with Crippen molar-refractivity contribution in [3.8, 4) is 0 Å². The lowest BCUT2D eigenvalue weighted by Gasteiger charge is -2.08. The molecule has 128 valence electrons. The minimum atomic E-state index is -3.66. The number of sulfonamides is 1. The van der Waals surface area contributed by atoms with E-state index in [2.05, 4.69) is 5.32 Å². The van der Waals surface area contributed by atoms with Crippen molar-refractivity contribution in [3.63, 3.8) is 0 Å². The molecule has 3 N–H and O–H groups in total. The Balaban J connectivity index is 1.63. The zero-order valence-electron chi connectivity index (χ0n) is 12.9. The Hall–Kier alpha value is -0.700. The average Bonchev–Trinajstić information content (AvgIpc) is 3.02. The quantitative estimate of drug-likeness (QED) is 0.539. The number of hydrogen-bond acceptors (Lipinski definition) is 5. The van der Waals surface area contributed by atoms with Gasteiger partial charge in [-0.05, 0) is 37.0 Å². The van der Waals surface area contributed by atoms with Crippen LogP contribution in [-0.2, 0) is 21.4 Å². The Morgan fingerprint density at radius 2 is 2.00 bits per heavy atom. The summed E-state index contributed by atoms with van der Waals surface area (Å²) in [5.74, 6) is 1.29. The molecule has 1 fully saturated rings. The van der Waals surface area contributed by atoms with Crippen molar-refractivity contribution in [3.05, 3.63) is 29.8 Å². The number of benzene rings is 1. The zero-order chi connectivity index (χ0) is 16.7. The van der Waals surface area contributed by atoms with E-state index < -0.39 is 10.0 Å². The van der Waals surface area contributed by atoms with E-state index in [1.54, 1.807) is 12.1 Å². The van der Waals surface area contributed by atoms with Crippen LogP contribution in [0.1, 0.15) is 37.7 Å². The van der Waals surface area contributed by atoms with Crippen molar-refractivity contribution in [2.24, 2.45) is 5.14 Å². The molecule has 0 aromatic heterocycles. The van der Waals surface area contributed by atoms with Gasteiger partial charge in [0.2, 0.25) is 15.9 Å². The van der Waals surface area contributed by atoms with Gasteiger partial charge in [0.05, 0.1) is 4.90 Å². The van der Waals surface area contributed by atoms with Crippen molar-refractivity contribution in [2.45, 2.75) is 48.8 Å². The summed E-state index contributed by atoms with van der Waals surface area (Å²) in [5, 5.41) is 8.66. The number of carbonyl (C=O) groups excluding carboxylic acids is 1. The zero-order valence-corrected chi connectivity index (χ0v) is 15.3. The lowest BCUT2D eigenvalue weighted by molar-refractivity contribution is -0.121. The van der Waals surface area contributed by atoms with E-state index in [0.717, 1.165) is 23.7 Å². The maximum absolute atomic E-state index is 11.8. The summed E-state index contributed by atoms with van der Waals surface area (Å²) in [6.45, 7) is 0.402. The van der Waals surface area contributed by atoms with Crippen LogP contribution in [-0.4, -0.2) is 25.3 Å². The predicted octanol–water partition coefficient (Wildman–Crippen LogP) is 2.66. The Morgan fingerprint density at radius 3 is 2.61 bits per heavy atom. The van der Waals surface area contributed by atoms with E-state index >= 15 is 0 Å². The molecule has 5 nitrogen and oxygen atoms in total. The van der Waals surface area contributed by atoms with E-state index in [1.807, 2.05) is 21.6 Å². The van der Waals surface area contributed by atoms with Crippen molar-refractivity contribution < 1.29 is 13.2 Å². The average molecular weight is 375 g/mol. The largest absolute Gasteiger partial charge is 0.352 e. The molecule has 23 heavy (non-hydrogen) atoms. The van der Waals surface area contributed by atoms with Gasteiger partial charge in [0.25, 0.3) is 0 Å². The molecule has 8 heteroatoms. The maximum Gasteiger partial charge on any atom is 0.238 e. The van der Waals surface area contributed by atoms with Gasteiger partial charge < -0.3 is 5.32 Å². The highest BCUT2D eigenvalue weighted by molar-refractivity contribution is 8.77. The third-order valence-corrected chi connectivity index (χ3v) is 7.58. The standard InChI is InChI=1S/C15H22N2O3S3/c16-23(19,20)14-7-5-12(6-8-14)11-17-15(18)4-2-1-3-13-9-10-21-22-13/h5-8,13H,1-4,9-11H2,(H,17,18)(H2,16,19,20). The predicted molar refractivity (Wildman–Crippen MR) is 96.6 cm³/mol. The van der Waals surface area contributed by atoms with Gasteiger partial charge >= 0.3 is 0 Å². The van der Waals surface area contributed by atoms with Crippen LogP contribution in [0.2, 0.25) is 0 Å². The molecule has 0 bridgehead atoms. The second kappa shape index (κ2) is 8.96. The molecule has 1 unspecified atom stereocenters. The summed E-state index contributed by atoms with van der Waals surface area (Å²) in [4.78, 5) is 11.9. The number of hydrogen-bond donors (Lipinski definition) is 2. The molecule has 0 saturated carbocycles. The summed E-state index contributed by atoms with van der Waals surface area (Å²) in [5.41, 5.74) is 0.852. The summed E-state index contributed by atoms with van der Waals surface area (Å²) in [6, 6.07) is 6.23. The molecule has 0 radical (unpaired) electrons. The smallest absolute Gasteiger partial charge is 0.238 e. The van der Waals surface area contributed by atoms with E-state index in [9.17, 15) is 13.2 Å². The van der Waals surface area contributed by atoms with E-state index in [0.29, 0.717) is 13.0 Å². The van der Waals surface area contributed by atoms with Gasteiger partial charge in [0.1, 0.15) is 0 Å². The highest BCUT2D eigenvalue weighted by Crippen LogP contribution is 2.39. The normalized spacial score (nSPS) is 18.0. The fourth-order valence-electron chi connectivity index (χ4n) is 2.31. The number of nitrogens with two attached hydrogens (primary N) is 1. The first-order chi connectivity index (χ1) is 10.9. The first-order valence-corrected chi connectivity index (χ1v) is 11.5. The number of amides is 1.